The number of allylic oxidation sites excluding steroid dienone is 2. The van der Waals surface area contributed by atoms with E-state index in [0.29, 0.717) is 17.1 Å². The van der Waals surface area contributed by atoms with E-state index in [1.54, 1.807) is 25.3 Å². The highest BCUT2D eigenvalue weighted by Crippen LogP contribution is 2.40. The largest absolute Gasteiger partial charge is 0.504 e. The molecule has 0 unspecified atom stereocenters. The smallest absolute Gasteiger partial charge is 0.161 e. The highest BCUT2D eigenvalue weighted by atomic mass is 16.5. The van der Waals surface area contributed by atoms with Crippen molar-refractivity contribution in [1.82, 2.24) is 0 Å². The summed E-state index contributed by atoms with van der Waals surface area (Å²) in [6.07, 6.45) is 6.00. The fraction of sp³-hybridized carbons (Fsp3) is 0.357. The monoisotopic (exact) mass is 452 g/mol. The molecule has 2 atom stereocenters. The summed E-state index contributed by atoms with van der Waals surface area (Å²) in [5, 5.41) is 21.2. The molecule has 0 bridgehead atoms. The topological polar surface area (TPSA) is 68.2 Å². The SMILES string of the molecule is C=CC(C)(C)C=Cc1ccc(O[C@@H]([C@H](O)c2ccc(O)c(OC)c2)C(C)(C)C=C)c(OC)c1. The van der Waals surface area contributed by atoms with Gasteiger partial charge in [-0.2, -0.15) is 0 Å². The van der Waals surface area contributed by atoms with E-state index < -0.39 is 17.6 Å². The third-order valence-electron chi connectivity index (χ3n) is 5.76. The number of phenolic OH excluding ortho intramolecular Hbond substituents is 1. The molecule has 0 aromatic heterocycles. The molecule has 33 heavy (non-hydrogen) atoms. The fourth-order valence-electron chi connectivity index (χ4n) is 3.19. The van der Waals surface area contributed by atoms with Crippen molar-refractivity contribution in [3.63, 3.8) is 0 Å². The lowest BCUT2D eigenvalue weighted by atomic mass is 9.81. The van der Waals surface area contributed by atoms with Crippen LogP contribution in [0.5, 0.6) is 23.0 Å². The Morgan fingerprint density at radius 1 is 0.879 bits per heavy atom. The molecule has 0 aliphatic heterocycles. The second-order valence-electron chi connectivity index (χ2n) is 9.21. The normalized spacial score (nSPS) is 13.9. The van der Waals surface area contributed by atoms with Gasteiger partial charge in [0.2, 0.25) is 0 Å². The second kappa shape index (κ2) is 10.6. The van der Waals surface area contributed by atoms with Crippen LogP contribution in [0.2, 0.25) is 0 Å². The van der Waals surface area contributed by atoms with Crippen molar-refractivity contribution in [2.45, 2.75) is 39.9 Å². The Hall–Kier alpha value is -3.18. The Balaban J connectivity index is 2.43. The van der Waals surface area contributed by atoms with E-state index in [1.807, 2.05) is 44.2 Å². The number of rotatable bonds is 11. The van der Waals surface area contributed by atoms with Crippen molar-refractivity contribution in [3.8, 4) is 23.0 Å². The lowest BCUT2D eigenvalue weighted by Crippen LogP contribution is -2.38. The van der Waals surface area contributed by atoms with Crippen LogP contribution in [-0.4, -0.2) is 30.5 Å². The number of aliphatic hydroxyl groups excluding tert-OH is 1. The highest BCUT2D eigenvalue weighted by molar-refractivity contribution is 5.57. The van der Waals surface area contributed by atoms with Gasteiger partial charge in [0.1, 0.15) is 12.2 Å². The summed E-state index contributed by atoms with van der Waals surface area (Å²) in [6, 6.07) is 10.4. The molecule has 0 heterocycles. The minimum Gasteiger partial charge on any atom is -0.504 e. The molecule has 0 aliphatic rings. The Bertz CT molecular complexity index is 1000. The van der Waals surface area contributed by atoms with Crippen molar-refractivity contribution in [2.24, 2.45) is 10.8 Å². The average molecular weight is 453 g/mol. The first-order valence-corrected chi connectivity index (χ1v) is 10.8. The molecule has 178 valence electrons. The molecule has 5 nitrogen and oxygen atoms in total. The van der Waals surface area contributed by atoms with Gasteiger partial charge in [0, 0.05) is 10.8 Å². The zero-order valence-corrected chi connectivity index (χ0v) is 20.5. The third-order valence-corrected chi connectivity index (χ3v) is 5.76. The summed E-state index contributed by atoms with van der Waals surface area (Å²) in [5.41, 5.74) is 0.783. The molecule has 0 spiro atoms. The van der Waals surface area contributed by atoms with Crippen LogP contribution in [0.3, 0.4) is 0 Å². The Kier molecular flexibility index (Phi) is 8.39. The first-order chi connectivity index (χ1) is 15.5. The molecule has 2 rings (SSSR count). The highest BCUT2D eigenvalue weighted by Gasteiger charge is 2.36. The van der Waals surface area contributed by atoms with Crippen LogP contribution in [-0.2, 0) is 0 Å². The summed E-state index contributed by atoms with van der Waals surface area (Å²) >= 11 is 0. The first kappa shape index (κ1) is 26.1. The minimum atomic E-state index is -1.02. The minimum absolute atomic E-state index is 0.00107. The summed E-state index contributed by atoms with van der Waals surface area (Å²) in [4.78, 5) is 0. The zero-order chi connectivity index (χ0) is 24.8. The number of methoxy groups -OCH3 is 2. The molecule has 2 aromatic carbocycles. The quantitative estimate of drug-likeness (QED) is 0.390. The van der Waals surface area contributed by atoms with Crippen molar-refractivity contribution in [2.75, 3.05) is 14.2 Å². The predicted molar refractivity (Wildman–Crippen MR) is 134 cm³/mol. The molecular formula is C28H36O5. The van der Waals surface area contributed by atoms with E-state index in [4.69, 9.17) is 14.2 Å². The van der Waals surface area contributed by atoms with Gasteiger partial charge in [-0.3, -0.25) is 0 Å². The maximum atomic E-state index is 11.3. The van der Waals surface area contributed by atoms with Gasteiger partial charge in [0.25, 0.3) is 0 Å². The molecular weight excluding hydrogens is 416 g/mol. The van der Waals surface area contributed by atoms with E-state index in [-0.39, 0.29) is 16.9 Å². The second-order valence-corrected chi connectivity index (χ2v) is 9.21. The van der Waals surface area contributed by atoms with E-state index >= 15 is 0 Å². The van der Waals surface area contributed by atoms with Gasteiger partial charge < -0.3 is 24.4 Å². The van der Waals surface area contributed by atoms with Gasteiger partial charge in [0.05, 0.1) is 14.2 Å². The van der Waals surface area contributed by atoms with Crippen LogP contribution in [0.1, 0.15) is 44.9 Å². The average Bonchev–Trinajstić information content (AvgIpc) is 2.81. The summed E-state index contributed by atoms with van der Waals surface area (Å²) in [5.74, 6) is 1.33. The molecule has 2 N–H and O–H groups in total. The van der Waals surface area contributed by atoms with Crippen LogP contribution in [0, 0.1) is 10.8 Å². The van der Waals surface area contributed by atoms with Crippen LogP contribution >= 0.6 is 0 Å². The summed E-state index contributed by atoms with van der Waals surface area (Å²) in [6.45, 7) is 15.8. The lowest BCUT2D eigenvalue weighted by molar-refractivity contribution is -0.0186. The number of aromatic hydroxyl groups is 1. The molecule has 2 aromatic rings. The van der Waals surface area contributed by atoms with Gasteiger partial charge in [-0.1, -0.05) is 64.1 Å². The number of aliphatic hydroxyl groups is 1. The van der Waals surface area contributed by atoms with Gasteiger partial charge in [-0.25, -0.2) is 0 Å². The first-order valence-electron chi connectivity index (χ1n) is 10.8. The molecule has 0 saturated carbocycles. The van der Waals surface area contributed by atoms with Gasteiger partial charge >= 0.3 is 0 Å². The van der Waals surface area contributed by atoms with Crippen molar-refractivity contribution in [1.29, 1.82) is 0 Å². The molecule has 0 saturated heterocycles. The standard InChI is InChI=1S/C28H36O5/c1-9-27(3,4)16-15-19-11-14-22(24(17-19)32-8)33-26(28(5,6)10-2)25(30)20-12-13-21(29)23(18-20)31-7/h9-18,25-26,29-30H,1-2H2,3-8H3/t25-,26+/m1/s1. The fourth-order valence-corrected chi connectivity index (χ4v) is 3.19. The summed E-state index contributed by atoms with van der Waals surface area (Å²) < 4.78 is 17.1. The number of ether oxygens (including phenoxy) is 3. The number of phenols is 1. The Labute approximate surface area is 197 Å². The van der Waals surface area contributed by atoms with Crippen LogP contribution < -0.4 is 14.2 Å². The lowest BCUT2D eigenvalue weighted by Gasteiger charge is -2.36. The van der Waals surface area contributed by atoms with Gasteiger partial charge in [0.15, 0.2) is 23.0 Å². The number of hydrogen-bond acceptors (Lipinski definition) is 5. The molecule has 5 heteroatoms. The van der Waals surface area contributed by atoms with E-state index in [9.17, 15) is 10.2 Å². The van der Waals surface area contributed by atoms with Gasteiger partial charge in [-0.15, -0.1) is 13.2 Å². The Morgan fingerprint density at radius 3 is 2.12 bits per heavy atom. The van der Waals surface area contributed by atoms with E-state index in [0.717, 1.165) is 5.56 Å². The predicted octanol–water partition coefficient (Wildman–Crippen LogP) is 6.33. The maximum absolute atomic E-state index is 11.3. The van der Waals surface area contributed by atoms with Gasteiger partial charge in [-0.05, 0) is 35.4 Å². The summed E-state index contributed by atoms with van der Waals surface area (Å²) in [7, 11) is 3.04. The van der Waals surface area contributed by atoms with Crippen molar-refractivity contribution in [3.05, 3.63) is 78.9 Å². The molecule has 0 fully saturated rings. The van der Waals surface area contributed by atoms with Crippen LogP contribution in [0.25, 0.3) is 6.08 Å². The molecule has 0 radical (unpaired) electrons. The number of benzene rings is 2. The van der Waals surface area contributed by atoms with Crippen molar-refractivity contribution >= 4 is 6.08 Å². The van der Waals surface area contributed by atoms with Crippen LogP contribution in [0.4, 0.5) is 0 Å². The van der Waals surface area contributed by atoms with Crippen molar-refractivity contribution < 1.29 is 24.4 Å². The third kappa shape index (κ3) is 6.42. The van der Waals surface area contributed by atoms with Crippen LogP contribution in [0.15, 0.2) is 67.8 Å². The Morgan fingerprint density at radius 2 is 1.55 bits per heavy atom. The zero-order valence-electron chi connectivity index (χ0n) is 20.5. The molecule has 0 aliphatic carbocycles. The maximum Gasteiger partial charge on any atom is 0.161 e. The van der Waals surface area contributed by atoms with E-state index in [2.05, 4.69) is 33.1 Å². The van der Waals surface area contributed by atoms with E-state index in [1.165, 1.54) is 13.2 Å². The molecule has 0 amide bonds. The number of hydrogen-bond donors (Lipinski definition) is 2.